The highest BCUT2D eigenvalue weighted by molar-refractivity contribution is 14.1. The topological polar surface area (TPSA) is 69.7 Å². The molecule has 6 nitrogen and oxygen atoms in total. The minimum Gasteiger partial charge on any atom is -0.376 e. The summed E-state index contributed by atoms with van der Waals surface area (Å²) in [4.78, 5) is 14.4. The second-order valence-corrected chi connectivity index (χ2v) is 9.25. The van der Waals surface area contributed by atoms with Crippen molar-refractivity contribution in [1.29, 1.82) is 0 Å². The Morgan fingerprint density at radius 2 is 1.73 bits per heavy atom. The molecule has 0 bridgehead atoms. The van der Waals surface area contributed by atoms with E-state index in [1.165, 1.54) is 44.4 Å². The molecule has 9 heteroatoms. The first-order valence-electron chi connectivity index (χ1n) is 7.54. The van der Waals surface area contributed by atoms with Crippen molar-refractivity contribution in [3.63, 3.8) is 0 Å². The molecule has 0 aliphatic carbocycles. The Morgan fingerprint density at radius 3 is 2.27 bits per heavy atom. The highest BCUT2D eigenvalue weighted by Gasteiger charge is 2.21. The number of rotatable bonds is 5. The van der Waals surface area contributed by atoms with Crippen LogP contribution in [0.15, 0.2) is 41.3 Å². The summed E-state index contributed by atoms with van der Waals surface area (Å²) in [6.07, 6.45) is 0. The van der Waals surface area contributed by atoms with Crippen LogP contribution in [-0.4, -0.2) is 46.8 Å². The minimum absolute atomic E-state index is 0.0669. The third kappa shape index (κ3) is 4.33. The molecule has 26 heavy (non-hydrogen) atoms. The smallest absolute Gasteiger partial charge is 0.256 e. The number of nitrogens with zero attached hydrogens (tertiary/aromatic N) is 2. The third-order valence-corrected chi connectivity index (χ3v) is 6.36. The van der Waals surface area contributed by atoms with Crippen LogP contribution in [-0.2, 0) is 10.0 Å². The predicted octanol–water partition coefficient (Wildman–Crippen LogP) is 3.00. The van der Waals surface area contributed by atoms with Gasteiger partial charge in [0.05, 0.1) is 21.8 Å². The fraction of sp³-hybridized carbons (Fsp3) is 0.235. The summed E-state index contributed by atoms with van der Waals surface area (Å²) in [5.41, 5.74) is 1.30. The SMILES string of the molecule is CN(C)c1ccc(S(=O)(=O)N(C)C)cc1NC(=O)c1ccc(F)cc1I. The molecule has 0 radical (unpaired) electrons. The van der Waals surface area contributed by atoms with Crippen molar-refractivity contribution in [2.75, 3.05) is 38.4 Å². The molecule has 0 atom stereocenters. The lowest BCUT2D eigenvalue weighted by atomic mass is 10.2. The van der Waals surface area contributed by atoms with Crippen molar-refractivity contribution in [3.8, 4) is 0 Å². The van der Waals surface area contributed by atoms with E-state index in [0.717, 1.165) is 4.31 Å². The van der Waals surface area contributed by atoms with Crippen LogP contribution in [0.25, 0.3) is 0 Å². The summed E-state index contributed by atoms with van der Waals surface area (Å²) in [5, 5.41) is 2.73. The molecule has 2 rings (SSSR count). The zero-order chi connectivity index (χ0) is 19.6. The summed E-state index contributed by atoms with van der Waals surface area (Å²) in [7, 11) is 2.80. The van der Waals surface area contributed by atoms with Gasteiger partial charge in [0.25, 0.3) is 5.91 Å². The van der Waals surface area contributed by atoms with Crippen LogP contribution < -0.4 is 10.2 Å². The molecule has 2 aromatic carbocycles. The van der Waals surface area contributed by atoms with Crippen molar-refractivity contribution in [3.05, 3.63) is 51.3 Å². The fourth-order valence-electron chi connectivity index (χ4n) is 2.24. The fourth-order valence-corrected chi connectivity index (χ4v) is 3.89. The van der Waals surface area contributed by atoms with Gasteiger partial charge in [-0.15, -0.1) is 0 Å². The number of amides is 1. The van der Waals surface area contributed by atoms with Crippen LogP contribution in [0.2, 0.25) is 0 Å². The molecule has 0 spiro atoms. The van der Waals surface area contributed by atoms with Gasteiger partial charge in [-0.1, -0.05) is 0 Å². The van der Waals surface area contributed by atoms with Gasteiger partial charge in [0.2, 0.25) is 10.0 Å². The van der Waals surface area contributed by atoms with Gasteiger partial charge < -0.3 is 10.2 Å². The molecule has 0 aromatic heterocycles. The standard InChI is InChI=1S/C17H19FIN3O3S/c1-21(2)16-8-6-12(26(24,25)22(3)4)10-15(16)20-17(23)13-7-5-11(18)9-14(13)19/h5-10H,1-4H3,(H,20,23). The van der Waals surface area contributed by atoms with E-state index in [1.807, 2.05) is 22.6 Å². The van der Waals surface area contributed by atoms with Crippen LogP contribution in [0, 0.1) is 9.39 Å². The average Bonchev–Trinajstić information content (AvgIpc) is 2.54. The molecular weight excluding hydrogens is 472 g/mol. The molecule has 0 aliphatic rings. The van der Waals surface area contributed by atoms with Crippen LogP contribution >= 0.6 is 22.6 Å². The Kier molecular flexibility index (Phi) is 6.25. The molecule has 0 saturated carbocycles. The molecule has 0 fully saturated rings. The monoisotopic (exact) mass is 491 g/mol. The van der Waals surface area contributed by atoms with Gasteiger partial charge in [0, 0.05) is 31.8 Å². The molecule has 1 N–H and O–H groups in total. The maximum absolute atomic E-state index is 13.3. The Labute approximate surface area is 166 Å². The Morgan fingerprint density at radius 1 is 1.08 bits per heavy atom. The summed E-state index contributed by atoms with van der Waals surface area (Å²) in [6.45, 7) is 0. The summed E-state index contributed by atoms with van der Waals surface area (Å²) in [5.74, 6) is -0.879. The van der Waals surface area contributed by atoms with E-state index in [9.17, 15) is 17.6 Å². The lowest BCUT2D eigenvalue weighted by molar-refractivity contribution is 0.102. The zero-order valence-corrected chi connectivity index (χ0v) is 17.7. The normalized spacial score (nSPS) is 11.5. The molecular formula is C17H19FIN3O3S. The van der Waals surface area contributed by atoms with Crippen molar-refractivity contribution in [2.24, 2.45) is 0 Å². The number of carbonyl (C=O) groups is 1. The summed E-state index contributed by atoms with van der Waals surface area (Å²) in [6, 6.07) is 8.39. The number of benzene rings is 2. The predicted molar refractivity (Wildman–Crippen MR) is 109 cm³/mol. The molecule has 0 saturated heterocycles. The number of sulfonamides is 1. The minimum atomic E-state index is -3.64. The summed E-state index contributed by atoms with van der Waals surface area (Å²) < 4.78 is 39.6. The van der Waals surface area contributed by atoms with Gasteiger partial charge in [-0.3, -0.25) is 4.79 Å². The number of hydrogen-bond acceptors (Lipinski definition) is 4. The molecule has 0 aliphatic heterocycles. The maximum atomic E-state index is 13.3. The Hall–Kier alpha value is -1.72. The van der Waals surface area contributed by atoms with Crippen molar-refractivity contribution < 1.29 is 17.6 Å². The van der Waals surface area contributed by atoms with Gasteiger partial charge in [-0.2, -0.15) is 0 Å². The van der Waals surface area contributed by atoms with E-state index in [2.05, 4.69) is 5.32 Å². The lowest BCUT2D eigenvalue weighted by Crippen LogP contribution is -2.23. The first-order valence-corrected chi connectivity index (χ1v) is 10.1. The van der Waals surface area contributed by atoms with Crippen LogP contribution in [0.3, 0.4) is 0 Å². The van der Waals surface area contributed by atoms with E-state index in [-0.39, 0.29) is 4.90 Å². The number of carbonyl (C=O) groups excluding carboxylic acids is 1. The largest absolute Gasteiger partial charge is 0.376 e. The van der Waals surface area contributed by atoms with Crippen LogP contribution in [0.1, 0.15) is 10.4 Å². The van der Waals surface area contributed by atoms with Crippen LogP contribution in [0.5, 0.6) is 0 Å². The quantitative estimate of drug-likeness (QED) is 0.654. The first-order chi connectivity index (χ1) is 12.0. The van der Waals surface area contributed by atoms with E-state index in [4.69, 9.17) is 0 Å². The van der Waals surface area contributed by atoms with Gasteiger partial charge in [0.1, 0.15) is 5.82 Å². The third-order valence-electron chi connectivity index (χ3n) is 3.65. The first kappa shape index (κ1) is 20.6. The molecule has 2 aromatic rings. The Balaban J connectivity index is 2.48. The molecule has 140 valence electrons. The lowest BCUT2D eigenvalue weighted by Gasteiger charge is -2.20. The van der Waals surface area contributed by atoms with Gasteiger partial charge >= 0.3 is 0 Å². The maximum Gasteiger partial charge on any atom is 0.256 e. The number of anilines is 2. The highest BCUT2D eigenvalue weighted by Crippen LogP contribution is 2.29. The van der Waals surface area contributed by atoms with E-state index >= 15 is 0 Å². The number of hydrogen-bond donors (Lipinski definition) is 1. The number of halogens is 2. The molecule has 0 unspecified atom stereocenters. The van der Waals surface area contributed by atoms with Crippen LogP contribution in [0.4, 0.5) is 15.8 Å². The average molecular weight is 491 g/mol. The second-order valence-electron chi connectivity index (χ2n) is 5.94. The van der Waals surface area contributed by atoms with Gasteiger partial charge in [-0.25, -0.2) is 17.1 Å². The van der Waals surface area contributed by atoms with E-state index in [0.29, 0.717) is 20.5 Å². The van der Waals surface area contributed by atoms with Crippen molar-refractivity contribution in [1.82, 2.24) is 4.31 Å². The Bertz CT molecular complexity index is 946. The van der Waals surface area contributed by atoms with E-state index in [1.54, 1.807) is 25.1 Å². The van der Waals surface area contributed by atoms with Crippen molar-refractivity contribution in [2.45, 2.75) is 4.90 Å². The highest BCUT2D eigenvalue weighted by atomic mass is 127. The summed E-state index contributed by atoms with van der Waals surface area (Å²) >= 11 is 1.88. The molecule has 0 heterocycles. The zero-order valence-electron chi connectivity index (χ0n) is 14.7. The second kappa shape index (κ2) is 7.89. The van der Waals surface area contributed by atoms with Gasteiger partial charge in [-0.05, 0) is 59.0 Å². The van der Waals surface area contributed by atoms with Gasteiger partial charge in [0.15, 0.2) is 0 Å². The molecule has 1 amide bonds. The van der Waals surface area contributed by atoms with Crippen molar-refractivity contribution >= 4 is 49.9 Å². The van der Waals surface area contributed by atoms with E-state index < -0.39 is 21.7 Å². The number of nitrogens with one attached hydrogen (secondary N) is 1.